The number of hydrogen-bond acceptors (Lipinski definition) is 4. The third-order valence-corrected chi connectivity index (χ3v) is 6.47. The van der Waals surface area contributed by atoms with Crippen LogP contribution in [0.15, 0.2) is 18.6 Å². The van der Waals surface area contributed by atoms with Crippen LogP contribution in [0.5, 0.6) is 0 Å². The van der Waals surface area contributed by atoms with Gasteiger partial charge in [0.15, 0.2) is 0 Å². The topological polar surface area (TPSA) is 49.2 Å². The van der Waals surface area contributed by atoms with Crippen LogP contribution in [0.25, 0.3) is 0 Å². The zero-order valence-corrected chi connectivity index (χ0v) is 14.0. The molecule has 0 spiro atoms. The minimum atomic E-state index is -0.405. The van der Waals surface area contributed by atoms with E-state index in [0.29, 0.717) is 0 Å². The second-order valence-corrected chi connectivity index (χ2v) is 8.14. The molecule has 4 nitrogen and oxygen atoms in total. The van der Waals surface area contributed by atoms with E-state index in [0.717, 1.165) is 49.3 Å². The zero-order valence-electron chi connectivity index (χ0n) is 14.0. The molecule has 1 N–H and O–H groups in total. The van der Waals surface area contributed by atoms with Gasteiger partial charge in [-0.05, 0) is 49.9 Å². The van der Waals surface area contributed by atoms with E-state index in [1.165, 1.54) is 45.2 Å². The van der Waals surface area contributed by atoms with Crippen LogP contribution in [0.1, 0.15) is 50.6 Å². The van der Waals surface area contributed by atoms with Gasteiger partial charge in [0.2, 0.25) is 0 Å². The monoisotopic (exact) mass is 315 g/mol. The predicted octanol–water partition coefficient (Wildman–Crippen LogP) is 2.67. The van der Waals surface area contributed by atoms with Crippen molar-refractivity contribution in [2.45, 2.75) is 57.0 Å². The Labute approximate surface area is 139 Å². The fraction of sp³-hybridized carbons (Fsp3) is 0.789. The molecule has 1 saturated heterocycles. The summed E-state index contributed by atoms with van der Waals surface area (Å²) in [5, 5.41) is 10.8. The fourth-order valence-electron chi connectivity index (χ4n) is 5.34. The molecule has 0 unspecified atom stereocenters. The third kappa shape index (κ3) is 3.43. The Kier molecular flexibility index (Phi) is 4.37. The van der Waals surface area contributed by atoms with Crippen LogP contribution in [0.2, 0.25) is 0 Å². The first kappa shape index (κ1) is 15.5. The first-order valence-electron chi connectivity index (χ1n) is 9.41. The predicted molar refractivity (Wildman–Crippen MR) is 89.9 cm³/mol. The van der Waals surface area contributed by atoms with Crippen molar-refractivity contribution in [2.75, 3.05) is 19.6 Å². The summed E-state index contributed by atoms with van der Waals surface area (Å²) in [6, 6.07) is 0. The lowest BCUT2D eigenvalue weighted by molar-refractivity contribution is -0.0232. The number of hydrogen-bond donors (Lipinski definition) is 1. The quantitative estimate of drug-likeness (QED) is 0.928. The number of likely N-dealkylation sites (tertiary alicyclic amines) is 1. The molecule has 0 aromatic carbocycles. The fourth-order valence-corrected chi connectivity index (χ4v) is 5.34. The van der Waals surface area contributed by atoms with E-state index in [1.807, 2.05) is 6.20 Å². The first-order valence-corrected chi connectivity index (χ1v) is 9.41. The van der Waals surface area contributed by atoms with Crippen molar-refractivity contribution in [1.82, 2.24) is 14.9 Å². The molecule has 4 heteroatoms. The van der Waals surface area contributed by atoms with E-state index in [4.69, 9.17) is 0 Å². The summed E-state index contributed by atoms with van der Waals surface area (Å²) in [6.07, 6.45) is 15.0. The molecule has 23 heavy (non-hydrogen) atoms. The molecule has 2 aliphatic carbocycles. The highest BCUT2D eigenvalue weighted by Gasteiger charge is 2.44. The summed E-state index contributed by atoms with van der Waals surface area (Å²) in [6.45, 7) is 3.28. The Morgan fingerprint density at radius 2 is 2.00 bits per heavy atom. The highest BCUT2D eigenvalue weighted by atomic mass is 16.3. The van der Waals surface area contributed by atoms with Crippen molar-refractivity contribution in [2.24, 2.45) is 17.8 Å². The molecule has 2 saturated carbocycles. The Morgan fingerprint density at radius 1 is 1.13 bits per heavy atom. The van der Waals surface area contributed by atoms with E-state index in [-0.39, 0.29) is 0 Å². The van der Waals surface area contributed by atoms with Crippen LogP contribution in [0, 0.1) is 17.8 Å². The summed E-state index contributed by atoms with van der Waals surface area (Å²) in [5.41, 5.74) is 0.736. The van der Waals surface area contributed by atoms with E-state index in [9.17, 15) is 5.11 Å². The van der Waals surface area contributed by atoms with Crippen molar-refractivity contribution in [3.05, 3.63) is 24.3 Å². The molecule has 4 rings (SSSR count). The maximum atomic E-state index is 10.8. The summed E-state index contributed by atoms with van der Waals surface area (Å²) in [5.74, 6) is 2.38. The van der Waals surface area contributed by atoms with Gasteiger partial charge < -0.3 is 5.11 Å². The van der Waals surface area contributed by atoms with Gasteiger partial charge in [-0.1, -0.05) is 19.3 Å². The first-order chi connectivity index (χ1) is 11.2. The number of β-amino-alcohol motifs (C(OH)–C–C–N with tert-alkyl or cyclic N) is 1. The van der Waals surface area contributed by atoms with Gasteiger partial charge in [0, 0.05) is 38.2 Å². The van der Waals surface area contributed by atoms with E-state index >= 15 is 0 Å². The third-order valence-electron chi connectivity index (χ3n) is 6.47. The number of aliphatic hydroxyl groups is 1. The molecule has 0 radical (unpaired) electrons. The SMILES string of the molecule is OC1(CN2C[C@H]3CC[C@H](Cc4cnccn4)[C@H]3C2)CCCCC1. The Hall–Kier alpha value is -1.00. The Morgan fingerprint density at radius 3 is 2.78 bits per heavy atom. The zero-order chi connectivity index (χ0) is 15.7. The standard InChI is InChI=1S/C19H29N3O/c23-19(6-2-1-3-7-19)14-22-12-16-5-4-15(18(16)13-22)10-17-11-20-8-9-21-17/h8-9,11,15-16,18,23H,1-7,10,12-14H2/t15-,16-,18-/m1/s1. The minimum Gasteiger partial charge on any atom is -0.389 e. The number of rotatable bonds is 4. The Balaban J connectivity index is 1.35. The molecule has 1 aromatic rings. The molecule has 2 heterocycles. The summed E-state index contributed by atoms with van der Waals surface area (Å²) in [7, 11) is 0. The number of nitrogens with zero attached hydrogens (tertiary/aromatic N) is 3. The van der Waals surface area contributed by atoms with Crippen LogP contribution in [0.3, 0.4) is 0 Å². The van der Waals surface area contributed by atoms with Gasteiger partial charge in [-0.3, -0.25) is 14.9 Å². The molecular weight excluding hydrogens is 286 g/mol. The smallest absolute Gasteiger partial charge is 0.0774 e. The van der Waals surface area contributed by atoms with Gasteiger partial charge in [0.25, 0.3) is 0 Å². The Bertz CT molecular complexity index is 515. The average molecular weight is 315 g/mol. The number of fused-ring (bicyclic) bond motifs is 1. The highest BCUT2D eigenvalue weighted by molar-refractivity contribution is 5.02. The number of aromatic nitrogens is 2. The molecule has 1 aliphatic heterocycles. The van der Waals surface area contributed by atoms with Gasteiger partial charge in [-0.2, -0.15) is 0 Å². The molecule has 126 valence electrons. The van der Waals surface area contributed by atoms with Crippen molar-refractivity contribution in [3.63, 3.8) is 0 Å². The minimum absolute atomic E-state index is 0.405. The van der Waals surface area contributed by atoms with Crippen LogP contribution in [-0.2, 0) is 6.42 Å². The van der Waals surface area contributed by atoms with E-state index in [1.54, 1.807) is 12.4 Å². The van der Waals surface area contributed by atoms with Gasteiger partial charge in [0.1, 0.15) is 0 Å². The van der Waals surface area contributed by atoms with Gasteiger partial charge >= 0.3 is 0 Å². The molecule has 0 amide bonds. The lowest BCUT2D eigenvalue weighted by Crippen LogP contribution is -2.44. The van der Waals surface area contributed by atoms with Crippen molar-refractivity contribution < 1.29 is 5.11 Å². The van der Waals surface area contributed by atoms with Gasteiger partial charge in [0.05, 0.1) is 11.3 Å². The van der Waals surface area contributed by atoms with Crippen LogP contribution >= 0.6 is 0 Å². The second kappa shape index (κ2) is 6.48. The van der Waals surface area contributed by atoms with Crippen LogP contribution in [0.4, 0.5) is 0 Å². The van der Waals surface area contributed by atoms with Gasteiger partial charge in [-0.15, -0.1) is 0 Å². The summed E-state index contributed by atoms with van der Waals surface area (Å²) in [4.78, 5) is 11.2. The van der Waals surface area contributed by atoms with Crippen LogP contribution < -0.4 is 0 Å². The normalized spacial score (nSPS) is 33.7. The lowest BCUT2D eigenvalue weighted by Gasteiger charge is -2.36. The average Bonchev–Trinajstić information content (AvgIpc) is 3.10. The van der Waals surface area contributed by atoms with Crippen molar-refractivity contribution in [3.8, 4) is 0 Å². The maximum absolute atomic E-state index is 10.8. The molecule has 3 atom stereocenters. The van der Waals surface area contributed by atoms with Crippen molar-refractivity contribution in [1.29, 1.82) is 0 Å². The molecule has 3 aliphatic rings. The van der Waals surface area contributed by atoms with Crippen LogP contribution in [-0.4, -0.2) is 45.2 Å². The van der Waals surface area contributed by atoms with Crippen molar-refractivity contribution >= 4 is 0 Å². The van der Waals surface area contributed by atoms with Gasteiger partial charge in [-0.25, -0.2) is 0 Å². The molecule has 0 bridgehead atoms. The maximum Gasteiger partial charge on any atom is 0.0774 e. The summed E-state index contributed by atoms with van der Waals surface area (Å²) < 4.78 is 0. The lowest BCUT2D eigenvalue weighted by atomic mass is 9.84. The van der Waals surface area contributed by atoms with E-state index in [2.05, 4.69) is 14.9 Å². The second-order valence-electron chi connectivity index (χ2n) is 8.14. The van der Waals surface area contributed by atoms with E-state index < -0.39 is 5.60 Å². The molecule has 3 fully saturated rings. The largest absolute Gasteiger partial charge is 0.389 e. The molecule has 1 aromatic heterocycles. The highest BCUT2D eigenvalue weighted by Crippen LogP contribution is 2.44. The summed E-state index contributed by atoms with van der Waals surface area (Å²) >= 11 is 0. The molecular formula is C19H29N3O.